The maximum Gasteiger partial charge on any atom is 0.323 e. The minimum Gasteiger partial charge on any atom is -0.480 e. The summed E-state index contributed by atoms with van der Waals surface area (Å²) in [6.07, 6.45) is 1.17. The second kappa shape index (κ2) is 11.5. The molecule has 0 fully saturated rings. The minimum absolute atomic E-state index is 0.0306. The lowest BCUT2D eigenvalue weighted by atomic mass is 10.0. The van der Waals surface area contributed by atoms with Crippen LogP contribution in [-0.2, 0) is 30.9 Å². The van der Waals surface area contributed by atoms with Gasteiger partial charge in [0.15, 0.2) is 0 Å². The van der Waals surface area contributed by atoms with E-state index in [-0.39, 0.29) is 11.3 Å². The van der Waals surface area contributed by atoms with E-state index in [4.69, 9.17) is 10.6 Å². The topological polar surface area (TPSA) is 173 Å². The minimum atomic E-state index is -4.13. The van der Waals surface area contributed by atoms with Crippen molar-refractivity contribution < 1.29 is 28.0 Å². The Hall–Kier alpha value is -3.51. The zero-order valence-electron chi connectivity index (χ0n) is 20.4. The number of aryl methyl sites for hydroxylation is 4. The van der Waals surface area contributed by atoms with E-state index in [1.165, 1.54) is 0 Å². The average molecular weight is 518 g/mol. The van der Waals surface area contributed by atoms with Gasteiger partial charge in [0.05, 0.1) is 17.0 Å². The summed E-state index contributed by atoms with van der Waals surface area (Å²) < 4.78 is 28.0. The number of nitrogens with two attached hydrogens (primary N) is 1. The first-order valence-corrected chi connectivity index (χ1v) is 13.0. The Morgan fingerprint density at radius 3 is 2.53 bits per heavy atom. The van der Waals surface area contributed by atoms with Crippen LogP contribution in [0.25, 0.3) is 0 Å². The summed E-state index contributed by atoms with van der Waals surface area (Å²) in [6, 6.07) is 7.28. The van der Waals surface area contributed by atoms with Gasteiger partial charge in [-0.15, -0.1) is 0 Å². The van der Waals surface area contributed by atoms with E-state index in [0.29, 0.717) is 36.2 Å². The lowest BCUT2D eigenvalue weighted by Gasteiger charge is -2.18. The van der Waals surface area contributed by atoms with Gasteiger partial charge in [-0.1, -0.05) is 28.9 Å². The molecule has 5 N–H and O–H groups in total. The van der Waals surface area contributed by atoms with Gasteiger partial charge in [0.25, 0.3) is 0 Å². The molecule has 2 aromatic rings. The van der Waals surface area contributed by atoms with Gasteiger partial charge in [0.2, 0.25) is 15.9 Å². The van der Waals surface area contributed by atoms with Gasteiger partial charge in [-0.2, -0.15) is 4.72 Å². The monoisotopic (exact) mass is 517 g/mol. The van der Waals surface area contributed by atoms with Crippen LogP contribution in [0.15, 0.2) is 40.4 Å². The highest BCUT2D eigenvalue weighted by atomic mass is 32.2. The Balaban J connectivity index is 1.50. The van der Waals surface area contributed by atoms with Gasteiger partial charge in [-0.05, 0) is 56.9 Å². The van der Waals surface area contributed by atoms with Gasteiger partial charge < -0.3 is 21.0 Å². The van der Waals surface area contributed by atoms with Crippen molar-refractivity contribution in [1.82, 2.24) is 15.0 Å². The molecule has 0 aliphatic carbocycles. The summed E-state index contributed by atoms with van der Waals surface area (Å²) >= 11 is 0. The smallest absolute Gasteiger partial charge is 0.323 e. The molecule has 1 aromatic heterocycles. The van der Waals surface area contributed by atoms with Gasteiger partial charge in [-0.25, -0.2) is 13.4 Å². The van der Waals surface area contributed by atoms with Gasteiger partial charge in [0.1, 0.15) is 18.0 Å². The Labute approximate surface area is 210 Å². The van der Waals surface area contributed by atoms with E-state index in [2.05, 4.69) is 20.2 Å². The molecule has 2 atom stereocenters. The number of carbonyl (C=O) groups excluding carboxylic acids is 1. The summed E-state index contributed by atoms with van der Waals surface area (Å²) in [5, 5.41) is 16.0. The lowest BCUT2D eigenvalue weighted by Crippen LogP contribution is -2.48. The molecule has 0 radical (unpaired) electrons. The summed E-state index contributed by atoms with van der Waals surface area (Å²) in [4.78, 5) is 33.7. The molecule has 12 heteroatoms. The molecule has 11 nitrogen and oxygen atoms in total. The molecule has 3 rings (SSSR count). The molecule has 0 saturated heterocycles. The fourth-order valence-electron chi connectivity index (χ4n) is 4.16. The number of aliphatic carboxylic acids is 1. The number of carbonyl (C=O) groups is 2. The van der Waals surface area contributed by atoms with Crippen molar-refractivity contribution >= 4 is 33.4 Å². The number of pyridine rings is 1. The summed E-state index contributed by atoms with van der Waals surface area (Å²) in [7, 11) is -4.13. The third-order valence-corrected chi connectivity index (χ3v) is 7.45. The number of rotatable bonds is 11. The number of hydrogen-bond donors (Lipinski definition) is 4. The highest BCUT2D eigenvalue weighted by Gasteiger charge is 2.29. The van der Waals surface area contributed by atoms with Crippen molar-refractivity contribution in [1.29, 1.82) is 0 Å². The van der Waals surface area contributed by atoms with Gasteiger partial charge in [0, 0.05) is 18.7 Å². The van der Waals surface area contributed by atoms with Crippen molar-refractivity contribution in [2.75, 3.05) is 12.3 Å². The third kappa shape index (κ3) is 7.25. The predicted molar refractivity (Wildman–Crippen MR) is 134 cm³/mol. The van der Waals surface area contributed by atoms with E-state index < -0.39 is 40.6 Å². The number of nitrogens with zero attached hydrogens (tertiary/aromatic N) is 2. The van der Waals surface area contributed by atoms with Crippen LogP contribution >= 0.6 is 0 Å². The number of aromatic nitrogens is 1. The number of nitrogen functional groups attached to an aromatic ring is 1. The zero-order valence-corrected chi connectivity index (χ0v) is 21.3. The highest BCUT2D eigenvalue weighted by molar-refractivity contribution is 7.89. The number of anilines is 1. The summed E-state index contributed by atoms with van der Waals surface area (Å²) in [6.45, 7) is 4.73. The molecular weight excluding hydrogens is 486 g/mol. The number of benzene rings is 1. The number of nitrogens with one attached hydrogen (secondary N) is 2. The van der Waals surface area contributed by atoms with Gasteiger partial charge in [-0.3, -0.25) is 9.59 Å². The standard InChI is InChI=1S/C24H31N5O6S/c1-14-9-15(2)23(16(3)10-14)36(33,34)29-20(24(31)32)13-26-22(30)12-19-11-18(28-35-19)8-7-17-5-4-6-21(25)27-17/h4-6,9-10,19-20,29H,7-8,11-13H2,1-3H3,(H2,25,27)(H,26,30)(H,31,32). The molecule has 0 bridgehead atoms. The molecule has 36 heavy (non-hydrogen) atoms. The normalized spacial score (nSPS) is 16.2. The number of carboxylic acids is 1. The quantitative estimate of drug-likeness (QED) is 0.348. The zero-order chi connectivity index (χ0) is 26.5. The molecule has 2 heterocycles. The lowest BCUT2D eigenvalue weighted by molar-refractivity contribution is -0.138. The Morgan fingerprint density at radius 2 is 1.89 bits per heavy atom. The number of oxime groups is 1. The first kappa shape index (κ1) is 27.1. The third-order valence-electron chi connectivity index (χ3n) is 5.68. The van der Waals surface area contributed by atoms with E-state index in [0.717, 1.165) is 17.0 Å². The van der Waals surface area contributed by atoms with Crippen LogP contribution in [0.1, 0.15) is 41.6 Å². The molecule has 0 saturated carbocycles. The number of sulfonamides is 1. The van der Waals surface area contributed by atoms with Crippen molar-refractivity contribution in [2.24, 2.45) is 5.16 Å². The van der Waals surface area contributed by atoms with Crippen LogP contribution in [0.3, 0.4) is 0 Å². The molecule has 194 valence electrons. The van der Waals surface area contributed by atoms with Crippen molar-refractivity contribution in [2.45, 2.75) is 63.5 Å². The largest absolute Gasteiger partial charge is 0.480 e. The molecule has 1 aromatic carbocycles. The van der Waals surface area contributed by atoms with Crippen LogP contribution in [-0.4, -0.2) is 54.8 Å². The van der Waals surface area contributed by atoms with Crippen LogP contribution in [0.2, 0.25) is 0 Å². The number of carboxylic acid groups (broad SMARTS) is 1. The second-order valence-corrected chi connectivity index (χ2v) is 10.5. The summed E-state index contributed by atoms with van der Waals surface area (Å²) in [5.74, 6) is -1.43. The summed E-state index contributed by atoms with van der Waals surface area (Å²) in [5.41, 5.74) is 9.22. The molecule has 1 aliphatic heterocycles. The van der Waals surface area contributed by atoms with Crippen LogP contribution in [0, 0.1) is 20.8 Å². The van der Waals surface area contributed by atoms with E-state index in [1.807, 2.05) is 19.1 Å². The molecule has 1 amide bonds. The molecule has 2 unspecified atom stereocenters. The van der Waals surface area contributed by atoms with Crippen LogP contribution in [0.4, 0.5) is 5.82 Å². The average Bonchev–Trinajstić information content (AvgIpc) is 3.21. The Kier molecular flexibility index (Phi) is 8.64. The SMILES string of the molecule is Cc1cc(C)c(S(=O)(=O)NC(CNC(=O)CC2CC(CCc3cccc(N)n3)=NO2)C(=O)O)c(C)c1. The van der Waals surface area contributed by atoms with E-state index in [9.17, 15) is 23.1 Å². The number of amides is 1. The van der Waals surface area contributed by atoms with Gasteiger partial charge >= 0.3 is 5.97 Å². The van der Waals surface area contributed by atoms with Crippen LogP contribution in [0.5, 0.6) is 0 Å². The predicted octanol–water partition coefficient (Wildman–Crippen LogP) is 1.60. The molecular formula is C24H31N5O6S. The first-order chi connectivity index (χ1) is 16.9. The van der Waals surface area contributed by atoms with E-state index in [1.54, 1.807) is 32.0 Å². The maximum absolute atomic E-state index is 12.9. The fourth-order valence-corrected chi connectivity index (χ4v) is 5.81. The molecule has 1 aliphatic rings. The van der Waals surface area contributed by atoms with Crippen LogP contribution < -0.4 is 15.8 Å². The highest BCUT2D eigenvalue weighted by Crippen LogP contribution is 2.22. The molecule has 0 spiro atoms. The first-order valence-electron chi connectivity index (χ1n) is 11.5. The second-order valence-electron chi connectivity index (χ2n) is 8.89. The van der Waals surface area contributed by atoms with Crippen molar-refractivity contribution in [3.63, 3.8) is 0 Å². The Morgan fingerprint density at radius 1 is 1.19 bits per heavy atom. The maximum atomic E-state index is 12.9. The van der Waals surface area contributed by atoms with E-state index >= 15 is 0 Å². The Bertz CT molecular complexity index is 1250. The fraction of sp³-hybridized carbons (Fsp3) is 0.417. The number of hydrogen-bond acceptors (Lipinski definition) is 8. The van der Waals surface area contributed by atoms with Crippen molar-refractivity contribution in [3.8, 4) is 0 Å². The van der Waals surface area contributed by atoms with Crippen molar-refractivity contribution in [3.05, 3.63) is 52.7 Å².